The fourth-order valence-corrected chi connectivity index (χ4v) is 2.19. The highest BCUT2D eigenvalue weighted by atomic mass is 16.4. The molecule has 0 bridgehead atoms. The second-order valence-corrected chi connectivity index (χ2v) is 4.63. The van der Waals surface area contributed by atoms with Crippen LogP contribution < -0.4 is 10.6 Å². The summed E-state index contributed by atoms with van der Waals surface area (Å²) in [6, 6.07) is 12.9. The Bertz CT molecular complexity index is 621. The molecule has 0 fully saturated rings. The van der Waals surface area contributed by atoms with Gasteiger partial charge in [0.25, 0.3) is 0 Å². The van der Waals surface area contributed by atoms with Crippen LogP contribution in [-0.2, 0) is 6.42 Å². The molecular formula is C16H18N2O2. The Morgan fingerprint density at radius 2 is 1.85 bits per heavy atom. The average Bonchev–Trinajstić information content (AvgIpc) is 2.46. The van der Waals surface area contributed by atoms with E-state index in [2.05, 4.69) is 6.92 Å². The maximum Gasteiger partial charge on any atom is 0.337 e. The van der Waals surface area contributed by atoms with Crippen LogP contribution in [0, 0.1) is 0 Å². The van der Waals surface area contributed by atoms with Gasteiger partial charge in [-0.1, -0.05) is 25.1 Å². The van der Waals surface area contributed by atoms with Gasteiger partial charge in [0.1, 0.15) is 0 Å². The number of nitrogens with two attached hydrogens (primary N) is 1. The largest absolute Gasteiger partial charge is 0.478 e. The van der Waals surface area contributed by atoms with E-state index in [-0.39, 0.29) is 5.56 Å². The van der Waals surface area contributed by atoms with Crippen molar-refractivity contribution in [2.45, 2.75) is 13.3 Å². The van der Waals surface area contributed by atoms with Gasteiger partial charge in [0.05, 0.1) is 16.9 Å². The van der Waals surface area contributed by atoms with Gasteiger partial charge in [0.2, 0.25) is 0 Å². The van der Waals surface area contributed by atoms with Crippen LogP contribution in [0.15, 0.2) is 42.5 Å². The molecule has 0 saturated carbocycles. The van der Waals surface area contributed by atoms with Crippen LogP contribution in [0.4, 0.5) is 17.1 Å². The van der Waals surface area contributed by atoms with E-state index in [1.807, 2.05) is 31.3 Å². The zero-order valence-electron chi connectivity index (χ0n) is 11.6. The number of hydrogen-bond acceptors (Lipinski definition) is 3. The first kappa shape index (κ1) is 13.9. The zero-order valence-corrected chi connectivity index (χ0v) is 11.6. The summed E-state index contributed by atoms with van der Waals surface area (Å²) in [5.41, 5.74) is 9.26. The molecule has 3 N–H and O–H groups in total. The molecule has 0 saturated heterocycles. The monoisotopic (exact) mass is 270 g/mol. The number of aryl methyl sites for hydroxylation is 1. The first-order valence-electron chi connectivity index (χ1n) is 6.49. The van der Waals surface area contributed by atoms with Crippen molar-refractivity contribution in [2.75, 3.05) is 17.7 Å². The van der Waals surface area contributed by atoms with Crippen molar-refractivity contribution in [1.29, 1.82) is 0 Å². The summed E-state index contributed by atoms with van der Waals surface area (Å²) in [5.74, 6) is -0.982. The van der Waals surface area contributed by atoms with Crippen molar-refractivity contribution in [1.82, 2.24) is 0 Å². The van der Waals surface area contributed by atoms with Gasteiger partial charge in [-0.2, -0.15) is 0 Å². The van der Waals surface area contributed by atoms with E-state index in [0.29, 0.717) is 11.4 Å². The molecule has 0 radical (unpaired) electrons. The van der Waals surface area contributed by atoms with Crippen molar-refractivity contribution in [3.63, 3.8) is 0 Å². The van der Waals surface area contributed by atoms with Crippen LogP contribution in [0.1, 0.15) is 22.8 Å². The first-order valence-corrected chi connectivity index (χ1v) is 6.49. The molecule has 0 heterocycles. The highest BCUT2D eigenvalue weighted by Crippen LogP contribution is 2.32. The number of nitrogens with zero attached hydrogens (tertiary/aromatic N) is 1. The van der Waals surface area contributed by atoms with Gasteiger partial charge in [-0.3, -0.25) is 0 Å². The molecule has 0 spiro atoms. The van der Waals surface area contributed by atoms with E-state index in [0.717, 1.165) is 12.1 Å². The van der Waals surface area contributed by atoms with E-state index >= 15 is 0 Å². The smallest absolute Gasteiger partial charge is 0.337 e. The minimum absolute atomic E-state index is 0.201. The fourth-order valence-electron chi connectivity index (χ4n) is 2.19. The molecular weight excluding hydrogens is 252 g/mol. The second-order valence-electron chi connectivity index (χ2n) is 4.63. The lowest BCUT2D eigenvalue weighted by atomic mass is 10.1. The number of aromatic carboxylic acids is 1. The standard InChI is InChI=1S/C16H18N2O2/c1-3-11-7-9-12(10-8-11)18(2)15-13(16(19)20)5-4-6-14(15)17/h4-10H,3,17H2,1-2H3,(H,19,20). The number of rotatable bonds is 4. The Morgan fingerprint density at radius 1 is 1.20 bits per heavy atom. The lowest BCUT2D eigenvalue weighted by Crippen LogP contribution is -2.16. The summed E-state index contributed by atoms with van der Waals surface area (Å²) in [5, 5.41) is 9.29. The van der Waals surface area contributed by atoms with Crippen LogP contribution in [0.2, 0.25) is 0 Å². The number of hydrogen-bond donors (Lipinski definition) is 2. The van der Waals surface area contributed by atoms with E-state index in [1.165, 1.54) is 5.56 Å². The Kier molecular flexibility index (Phi) is 3.94. The maximum atomic E-state index is 11.3. The van der Waals surface area contributed by atoms with Gasteiger partial charge in [-0.25, -0.2) is 4.79 Å². The average molecular weight is 270 g/mol. The summed E-state index contributed by atoms with van der Waals surface area (Å²) in [6.45, 7) is 2.09. The van der Waals surface area contributed by atoms with Crippen molar-refractivity contribution < 1.29 is 9.90 Å². The summed E-state index contributed by atoms with van der Waals surface area (Å²) in [7, 11) is 1.82. The van der Waals surface area contributed by atoms with Gasteiger partial charge in [-0.05, 0) is 36.2 Å². The lowest BCUT2D eigenvalue weighted by Gasteiger charge is -2.23. The van der Waals surface area contributed by atoms with Crippen molar-refractivity contribution in [2.24, 2.45) is 0 Å². The van der Waals surface area contributed by atoms with Crippen LogP contribution in [0.3, 0.4) is 0 Å². The van der Waals surface area contributed by atoms with Crippen LogP contribution >= 0.6 is 0 Å². The predicted octanol–water partition coefficient (Wildman–Crippen LogP) is 3.30. The van der Waals surface area contributed by atoms with Crippen LogP contribution in [-0.4, -0.2) is 18.1 Å². The van der Waals surface area contributed by atoms with Crippen LogP contribution in [0.25, 0.3) is 0 Å². The molecule has 0 amide bonds. The number of carboxylic acid groups (broad SMARTS) is 1. The Balaban J connectivity index is 2.46. The summed E-state index contributed by atoms with van der Waals surface area (Å²) < 4.78 is 0. The normalized spacial score (nSPS) is 10.3. The third-order valence-corrected chi connectivity index (χ3v) is 3.36. The number of anilines is 3. The fraction of sp³-hybridized carbons (Fsp3) is 0.188. The molecule has 20 heavy (non-hydrogen) atoms. The van der Waals surface area contributed by atoms with Gasteiger partial charge in [0, 0.05) is 12.7 Å². The third-order valence-electron chi connectivity index (χ3n) is 3.36. The zero-order chi connectivity index (χ0) is 14.7. The molecule has 0 aliphatic carbocycles. The number of nitrogen functional groups attached to an aromatic ring is 1. The van der Waals surface area contributed by atoms with Gasteiger partial charge in [-0.15, -0.1) is 0 Å². The molecule has 0 unspecified atom stereocenters. The number of carbonyl (C=O) groups is 1. The Morgan fingerprint density at radius 3 is 2.40 bits per heavy atom. The number of carboxylic acids is 1. The van der Waals surface area contributed by atoms with Crippen molar-refractivity contribution in [3.8, 4) is 0 Å². The highest BCUT2D eigenvalue weighted by Gasteiger charge is 2.17. The van der Waals surface area contributed by atoms with E-state index in [9.17, 15) is 9.90 Å². The van der Waals surface area contributed by atoms with Crippen molar-refractivity contribution in [3.05, 3.63) is 53.6 Å². The quantitative estimate of drug-likeness (QED) is 0.836. The molecule has 0 aromatic heterocycles. The SMILES string of the molecule is CCc1ccc(N(C)c2c(N)cccc2C(=O)O)cc1. The summed E-state index contributed by atoms with van der Waals surface area (Å²) in [6.07, 6.45) is 0.970. The Hall–Kier alpha value is -2.49. The molecule has 2 aromatic carbocycles. The molecule has 4 heteroatoms. The van der Waals surface area contributed by atoms with Gasteiger partial charge in [0.15, 0.2) is 0 Å². The number of benzene rings is 2. The molecule has 0 aliphatic rings. The van der Waals surface area contributed by atoms with E-state index < -0.39 is 5.97 Å². The molecule has 0 aliphatic heterocycles. The molecule has 4 nitrogen and oxygen atoms in total. The van der Waals surface area contributed by atoms with Crippen molar-refractivity contribution >= 4 is 23.0 Å². The molecule has 0 atom stereocenters. The molecule has 2 rings (SSSR count). The highest BCUT2D eigenvalue weighted by molar-refractivity contribution is 5.99. The lowest BCUT2D eigenvalue weighted by molar-refractivity contribution is 0.0697. The second kappa shape index (κ2) is 5.65. The van der Waals surface area contributed by atoms with Gasteiger partial charge < -0.3 is 15.7 Å². The molecule has 2 aromatic rings. The maximum absolute atomic E-state index is 11.3. The predicted molar refractivity (Wildman–Crippen MR) is 81.7 cm³/mol. The summed E-state index contributed by atoms with van der Waals surface area (Å²) in [4.78, 5) is 13.1. The Labute approximate surface area is 118 Å². The molecule has 104 valence electrons. The minimum atomic E-state index is -0.982. The minimum Gasteiger partial charge on any atom is -0.478 e. The topological polar surface area (TPSA) is 66.6 Å². The summed E-state index contributed by atoms with van der Waals surface area (Å²) >= 11 is 0. The van der Waals surface area contributed by atoms with Crippen LogP contribution in [0.5, 0.6) is 0 Å². The van der Waals surface area contributed by atoms with E-state index in [4.69, 9.17) is 5.73 Å². The third kappa shape index (κ3) is 2.59. The van der Waals surface area contributed by atoms with E-state index in [1.54, 1.807) is 23.1 Å². The first-order chi connectivity index (χ1) is 9.54. The van der Waals surface area contributed by atoms with Gasteiger partial charge >= 0.3 is 5.97 Å². The number of para-hydroxylation sites is 1.